The van der Waals surface area contributed by atoms with Crippen molar-refractivity contribution in [3.63, 3.8) is 0 Å². The number of rotatable bonds is 6. The molecule has 0 bridgehead atoms. The van der Waals surface area contributed by atoms with Gasteiger partial charge in [-0.3, -0.25) is 9.59 Å². The SMILES string of the molecule is NC(=O)c1ccc(C(=O)N(CCc2ccccc2)[C@@H]2CCOC2)cc1. The smallest absolute Gasteiger partial charge is 0.254 e. The molecule has 1 fully saturated rings. The van der Waals surface area contributed by atoms with Crippen LogP contribution in [0.3, 0.4) is 0 Å². The molecule has 1 saturated heterocycles. The van der Waals surface area contributed by atoms with Gasteiger partial charge in [0.25, 0.3) is 5.91 Å². The maximum absolute atomic E-state index is 13.0. The molecule has 2 N–H and O–H groups in total. The number of amides is 2. The van der Waals surface area contributed by atoms with Gasteiger partial charge in [-0.25, -0.2) is 0 Å². The van der Waals surface area contributed by atoms with E-state index in [0.717, 1.165) is 12.8 Å². The molecule has 5 heteroatoms. The van der Waals surface area contributed by atoms with Gasteiger partial charge in [-0.2, -0.15) is 0 Å². The molecule has 130 valence electrons. The van der Waals surface area contributed by atoms with Crippen LogP contribution in [0.5, 0.6) is 0 Å². The Balaban J connectivity index is 1.75. The number of benzene rings is 2. The Morgan fingerprint density at radius 1 is 1.04 bits per heavy atom. The summed E-state index contributed by atoms with van der Waals surface area (Å²) in [5.41, 5.74) is 7.42. The number of carbonyl (C=O) groups is 2. The van der Waals surface area contributed by atoms with E-state index in [4.69, 9.17) is 10.5 Å². The Bertz CT molecular complexity index is 722. The molecular weight excluding hydrogens is 316 g/mol. The van der Waals surface area contributed by atoms with Crippen LogP contribution in [-0.4, -0.2) is 42.5 Å². The maximum Gasteiger partial charge on any atom is 0.254 e. The lowest BCUT2D eigenvalue weighted by molar-refractivity contribution is 0.0656. The van der Waals surface area contributed by atoms with Gasteiger partial charge in [0.15, 0.2) is 0 Å². The van der Waals surface area contributed by atoms with E-state index in [-0.39, 0.29) is 11.9 Å². The fraction of sp³-hybridized carbons (Fsp3) is 0.300. The zero-order valence-electron chi connectivity index (χ0n) is 14.1. The van der Waals surface area contributed by atoms with Crippen molar-refractivity contribution in [1.29, 1.82) is 0 Å². The van der Waals surface area contributed by atoms with Crippen molar-refractivity contribution in [2.75, 3.05) is 19.8 Å². The van der Waals surface area contributed by atoms with Crippen molar-refractivity contribution in [2.24, 2.45) is 5.73 Å². The monoisotopic (exact) mass is 338 g/mol. The van der Waals surface area contributed by atoms with Crippen LogP contribution >= 0.6 is 0 Å². The van der Waals surface area contributed by atoms with E-state index in [1.165, 1.54) is 5.56 Å². The summed E-state index contributed by atoms with van der Waals surface area (Å²) in [4.78, 5) is 26.1. The summed E-state index contributed by atoms with van der Waals surface area (Å²) in [6.07, 6.45) is 1.64. The molecule has 1 aliphatic rings. The molecule has 3 rings (SSSR count). The molecule has 1 aliphatic heterocycles. The zero-order valence-corrected chi connectivity index (χ0v) is 14.1. The Morgan fingerprint density at radius 3 is 2.32 bits per heavy atom. The Morgan fingerprint density at radius 2 is 1.72 bits per heavy atom. The second-order valence-electron chi connectivity index (χ2n) is 6.19. The molecule has 1 atom stereocenters. The minimum Gasteiger partial charge on any atom is -0.379 e. The summed E-state index contributed by atoms with van der Waals surface area (Å²) in [6.45, 7) is 1.88. The minimum absolute atomic E-state index is 0.0394. The maximum atomic E-state index is 13.0. The van der Waals surface area contributed by atoms with Crippen molar-refractivity contribution < 1.29 is 14.3 Å². The van der Waals surface area contributed by atoms with E-state index in [1.54, 1.807) is 24.3 Å². The van der Waals surface area contributed by atoms with E-state index >= 15 is 0 Å². The molecular formula is C20H22N2O3. The van der Waals surface area contributed by atoms with Crippen LogP contribution in [0.25, 0.3) is 0 Å². The van der Waals surface area contributed by atoms with Gasteiger partial charge in [0, 0.05) is 24.3 Å². The number of nitrogens with two attached hydrogens (primary N) is 1. The number of nitrogens with zero attached hydrogens (tertiary/aromatic N) is 1. The summed E-state index contributed by atoms with van der Waals surface area (Å²) in [7, 11) is 0. The Kier molecular flexibility index (Phi) is 5.46. The lowest BCUT2D eigenvalue weighted by atomic mass is 10.1. The Hall–Kier alpha value is -2.66. The highest BCUT2D eigenvalue weighted by atomic mass is 16.5. The summed E-state index contributed by atoms with van der Waals surface area (Å²) in [6, 6.07) is 16.7. The molecule has 25 heavy (non-hydrogen) atoms. The van der Waals surface area contributed by atoms with Crippen LogP contribution in [0.2, 0.25) is 0 Å². The van der Waals surface area contributed by atoms with E-state index in [1.807, 2.05) is 23.1 Å². The number of hydrogen-bond donors (Lipinski definition) is 1. The first-order valence-corrected chi connectivity index (χ1v) is 8.47. The quantitative estimate of drug-likeness (QED) is 0.878. The zero-order chi connectivity index (χ0) is 17.6. The van der Waals surface area contributed by atoms with Crippen LogP contribution in [0.1, 0.15) is 32.7 Å². The Labute approximate surface area is 147 Å². The molecule has 2 aromatic carbocycles. The third kappa shape index (κ3) is 4.25. The van der Waals surface area contributed by atoms with Crippen LogP contribution in [0.4, 0.5) is 0 Å². The number of hydrogen-bond acceptors (Lipinski definition) is 3. The molecule has 0 aromatic heterocycles. The number of carbonyl (C=O) groups excluding carboxylic acids is 2. The van der Waals surface area contributed by atoms with Crippen LogP contribution in [-0.2, 0) is 11.2 Å². The molecule has 0 radical (unpaired) electrons. The second kappa shape index (κ2) is 7.94. The van der Waals surface area contributed by atoms with Crippen LogP contribution in [0, 0.1) is 0 Å². The first kappa shape index (κ1) is 17.2. The van der Waals surface area contributed by atoms with Crippen molar-refractivity contribution in [3.8, 4) is 0 Å². The van der Waals surface area contributed by atoms with Crippen molar-refractivity contribution in [3.05, 3.63) is 71.3 Å². The normalized spacial score (nSPS) is 16.6. The van der Waals surface area contributed by atoms with E-state index < -0.39 is 5.91 Å². The average Bonchev–Trinajstić information content (AvgIpc) is 3.17. The molecule has 1 heterocycles. The van der Waals surface area contributed by atoms with Gasteiger partial charge in [-0.1, -0.05) is 30.3 Å². The summed E-state index contributed by atoms with van der Waals surface area (Å²) in [5.74, 6) is -0.536. The average molecular weight is 338 g/mol. The summed E-state index contributed by atoms with van der Waals surface area (Å²) >= 11 is 0. The predicted molar refractivity (Wildman–Crippen MR) is 95.4 cm³/mol. The van der Waals surface area contributed by atoms with E-state index in [0.29, 0.717) is 30.9 Å². The van der Waals surface area contributed by atoms with Crippen molar-refractivity contribution in [1.82, 2.24) is 4.90 Å². The highest BCUT2D eigenvalue weighted by Crippen LogP contribution is 2.17. The van der Waals surface area contributed by atoms with Gasteiger partial charge in [0.05, 0.1) is 12.6 Å². The standard InChI is InChI=1S/C20H22N2O3/c21-19(23)16-6-8-17(9-7-16)20(24)22(18-11-13-25-14-18)12-10-15-4-2-1-3-5-15/h1-9,18H,10-14H2,(H2,21,23)/t18-/m1/s1. The summed E-state index contributed by atoms with van der Waals surface area (Å²) in [5, 5.41) is 0. The van der Waals surface area contributed by atoms with E-state index in [2.05, 4.69) is 12.1 Å². The van der Waals surface area contributed by atoms with Crippen molar-refractivity contribution in [2.45, 2.75) is 18.9 Å². The van der Waals surface area contributed by atoms with Gasteiger partial charge in [0.2, 0.25) is 5.91 Å². The second-order valence-corrected chi connectivity index (χ2v) is 6.19. The minimum atomic E-state index is -0.496. The largest absolute Gasteiger partial charge is 0.379 e. The lowest BCUT2D eigenvalue weighted by Gasteiger charge is -2.28. The first-order chi connectivity index (χ1) is 12.1. The van der Waals surface area contributed by atoms with Crippen LogP contribution < -0.4 is 5.73 Å². The molecule has 0 saturated carbocycles. The first-order valence-electron chi connectivity index (χ1n) is 8.47. The molecule has 0 aliphatic carbocycles. The van der Waals surface area contributed by atoms with E-state index in [9.17, 15) is 9.59 Å². The van der Waals surface area contributed by atoms with Gasteiger partial charge >= 0.3 is 0 Å². The molecule has 0 spiro atoms. The molecule has 5 nitrogen and oxygen atoms in total. The lowest BCUT2D eigenvalue weighted by Crippen LogP contribution is -2.42. The van der Waals surface area contributed by atoms with Gasteiger partial charge in [-0.05, 0) is 42.7 Å². The number of primary amides is 1. The highest BCUT2D eigenvalue weighted by Gasteiger charge is 2.27. The predicted octanol–water partition coefficient (Wildman–Crippen LogP) is 2.26. The molecule has 2 amide bonds. The fourth-order valence-electron chi connectivity index (χ4n) is 3.05. The van der Waals surface area contributed by atoms with Gasteiger partial charge in [0.1, 0.15) is 0 Å². The topological polar surface area (TPSA) is 72.6 Å². The fourth-order valence-corrected chi connectivity index (χ4v) is 3.05. The third-order valence-electron chi connectivity index (χ3n) is 4.51. The van der Waals surface area contributed by atoms with Crippen molar-refractivity contribution >= 4 is 11.8 Å². The highest BCUT2D eigenvalue weighted by molar-refractivity contribution is 5.97. The van der Waals surface area contributed by atoms with Gasteiger partial charge < -0.3 is 15.4 Å². The molecule has 2 aromatic rings. The van der Waals surface area contributed by atoms with Gasteiger partial charge in [-0.15, -0.1) is 0 Å². The number of ether oxygens (including phenoxy) is 1. The molecule has 0 unspecified atom stereocenters. The van der Waals surface area contributed by atoms with Crippen LogP contribution in [0.15, 0.2) is 54.6 Å². The summed E-state index contributed by atoms with van der Waals surface area (Å²) < 4.78 is 5.47. The third-order valence-corrected chi connectivity index (χ3v) is 4.51.